The van der Waals surface area contributed by atoms with E-state index >= 15 is 0 Å². The lowest BCUT2D eigenvalue weighted by atomic mass is 9.88. The van der Waals surface area contributed by atoms with Gasteiger partial charge in [-0.3, -0.25) is 9.59 Å². The number of pyridine rings is 1. The van der Waals surface area contributed by atoms with Crippen molar-refractivity contribution >= 4 is 23.3 Å². The number of anilines is 2. The van der Waals surface area contributed by atoms with E-state index in [0.29, 0.717) is 11.4 Å². The number of nitrogens with one attached hydrogen (secondary N) is 2. The van der Waals surface area contributed by atoms with Crippen LogP contribution in [0, 0.1) is 0 Å². The average Bonchev–Trinajstić information content (AvgIpc) is 2.54. The van der Waals surface area contributed by atoms with Gasteiger partial charge >= 0.3 is 0 Å². The summed E-state index contributed by atoms with van der Waals surface area (Å²) < 4.78 is 0. The van der Waals surface area contributed by atoms with Gasteiger partial charge in [0, 0.05) is 30.4 Å². The van der Waals surface area contributed by atoms with Crippen LogP contribution in [0.2, 0.25) is 0 Å². The van der Waals surface area contributed by atoms with Gasteiger partial charge in [0.25, 0.3) is 5.91 Å². The minimum absolute atomic E-state index is 0.224. The number of rotatable bonds is 3. The molecule has 6 nitrogen and oxygen atoms in total. The Bertz CT molecular complexity index is 788. The molecule has 2 aromatic rings. The molecule has 0 saturated carbocycles. The topological polar surface area (TPSA) is 97.1 Å². The van der Waals surface area contributed by atoms with Crippen LogP contribution in [0.5, 0.6) is 0 Å². The van der Waals surface area contributed by atoms with Gasteiger partial charge in [0.1, 0.15) is 5.82 Å². The van der Waals surface area contributed by atoms with Crippen molar-refractivity contribution in [3.8, 4) is 0 Å². The van der Waals surface area contributed by atoms with Crippen LogP contribution in [0.4, 0.5) is 11.5 Å². The van der Waals surface area contributed by atoms with Crippen molar-refractivity contribution in [3.05, 3.63) is 53.2 Å². The second kappa shape index (κ2) is 6.80. The van der Waals surface area contributed by atoms with Crippen molar-refractivity contribution in [1.29, 1.82) is 0 Å². The predicted molar refractivity (Wildman–Crippen MR) is 92.9 cm³/mol. The second-order valence-corrected chi connectivity index (χ2v) is 6.05. The number of amides is 2. The molecule has 0 radical (unpaired) electrons. The Morgan fingerprint density at radius 1 is 1.17 bits per heavy atom. The lowest BCUT2D eigenvalue weighted by Gasteiger charge is -2.22. The number of carbonyl (C=O) groups is 2. The fraction of sp³-hybridized carbons (Fsp3) is 0.278. The minimum atomic E-state index is -0.239. The van der Waals surface area contributed by atoms with E-state index in [4.69, 9.17) is 5.73 Å². The van der Waals surface area contributed by atoms with Gasteiger partial charge < -0.3 is 16.4 Å². The van der Waals surface area contributed by atoms with Crippen molar-refractivity contribution in [3.63, 3.8) is 0 Å². The van der Waals surface area contributed by atoms with E-state index in [2.05, 4.69) is 15.6 Å². The molecule has 1 aromatic carbocycles. The summed E-state index contributed by atoms with van der Waals surface area (Å²) in [6, 6.07) is 9.31. The molecule has 0 aliphatic heterocycles. The normalized spacial score (nSPS) is 16.2. The molecule has 1 aromatic heterocycles. The molecule has 0 fully saturated rings. The standard InChI is InChI=1S/C18H20N4O2/c1-11(23)21-17-10-14(6-7-20-17)18(24)22-16-5-3-12-8-15(19)4-2-13(12)9-16/h3,5-7,9-10,15H,2,4,8,19H2,1H3,(H,22,24)(H,20,21,23). The summed E-state index contributed by atoms with van der Waals surface area (Å²) in [6.45, 7) is 1.40. The van der Waals surface area contributed by atoms with Crippen LogP contribution in [0.3, 0.4) is 0 Å². The van der Waals surface area contributed by atoms with E-state index in [0.717, 1.165) is 24.9 Å². The first kappa shape index (κ1) is 16.1. The highest BCUT2D eigenvalue weighted by molar-refractivity contribution is 6.05. The number of fused-ring (bicyclic) bond motifs is 1. The Morgan fingerprint density at radius 2 is 2.00 bits per heavy atom. The van der Waals surface area contributed by atoms with Gasteiger partial charge in [0.15, 0.2) is 0 Å². The molecule has 1 atom stereocenters. The number of aryl methyl sites for hydroxylation is 1. The number of nitrogens with two attached hydrogens (primary N) is 1. The SMILES string of the molecule is CC(=O)Nc1cc(C(=O)Nc2ccc3c(c2)CCC(N)C3)ccn1. The average molecular weight is 324 g/mol. The number of nitrogens with zero attached hydrogens (tertiary/aromatic N) is 1. The molecule has 1 heterocycles. The van der Waals surface area contributed by atoms with Gasteiger partial charge in [-0.05, 0) is 54.7 Å². The van der Waals surface area contributed by atoms with Crippen molar-refractivity contribution in [2.24, 2.45) is 5.73 Å². The summed E-state index contributed by atoms with van der Waals surface area (Å²) in [5, 5.41) is 5.46. The maximum Gasteiger partial charge on any atom is 0.255 e. The van der Waals surface area contributed by atoms with Crippen LogP contribution in [-0.4, -0.2) is 22.8 Å². The third kappa shape index (κ3) is 3.78. The van der Waals surface area contributed by atoms with Crippen molar-refractivity contribution < 1.29 is 9.59 Å². The summed E-state index contributed by atoms with van der Waals surface area (Å²) in [7, 11) is 0. The molecule has 124 valence electrons. The van der Waals surface area contributed by atoms with Crippen LogP contribution in [0.15, 0.2) is 36.5 Å². The summed E-state index contributed by atoms with van der Waals surface area (Å²) in [5.41, 5.74) is 9.67. The van der Waals surface area contributed by atoms with Crippen molar-refractivity contribution in [1.82, 2.24) is 4.98 Å². The summed E-state index contributed by atoms with van der Waals surface area (Å²) >= 11 is 0. The van der Waals surface area contributed by atoms with Crippen molar-refractivity contribution in [2.75, 3.05) is 10.6 Å². The number of hydrogen-bond acceptors (Lipinski definition) is 4. The minimum Gasteiger partial charge on any atom is -0.327 e. The highest BCUT2D eigenvalue weighted by atomic mass is 16.2. The molecule has 0 saturated heterocycles. The zero-order chi connectivity index (χ0) is 17.1. The molecule has 1 aliphatic carbocycles. The maximum absolute atomic E-state index is 12.4. The first-order chi connectivity index (χ1) is 11.5. The number of carbonyl (C=O) groups excluding carboxylic acids is 2. The molecule has 0 spiro atoms. The Balaban J connectivity index is 1.74. The van der Waals surface area contributed by atoms with E-state index in [9.17, 15) is 9.59 Å². The summed E-state index contributed by atoms with van der Waals surface area (Å²) in [5.74, 6) is -0.112. The van der Waals surface area contributed by atoms with E-state index in [1.165, 1.54) is 24.2 Å². The zero-order valence-corrected chi connectivity index (χ0v) is 13.5. The molecule has 0 bridgehead atoms. The van der Waals surface area contributed by atoms with Gasteiger partial charge in [-0.1, -0.05) is 6.07 Å². The van der Waals surface area contributed by atoms with Gasteiger partial charge in [0.2, 0.25) is 5.91 Å². The first-order valence-electron chi connectivity index (χ1n) is 7.93. The fourth-order valence-corrected chi connectivity index (χ4v) is 2.88. The highest BCUT2D eigenvalue weighted by Crippen LogP contribution is 2.24. The lowest BCUT2D eigenvalue weighted by molar-refractivity contribution is -0.114. The van der Waals surface area contributed by atoms with Crippen LogP contribution < -0.4 is 16.4 Å². The highest BCUT2D eigenvalue weighted by Gasteiger charge is 2.16. The van der Waals surface area contributed by atoms with Crippen LogP contribution in [-0.2, 0) is 17.6 Å². The largest absolute Gasteiger partial charge is 0.327 e. The van der Waals surface area contributed by atoms with E-state index in [1.54, 1.807) is 12.1 Å². The van der Waals surface area contributed by atoms with Crippen molar-refractivity contribution in [2.45, 2.75) is 32.2 Å². The quantitative estimate of drug-likeness (QED) is 0.805. The summed E-state index contributed by atoms with van der Waals surface area (Å²) in [4.78, 5) is 27.5. The van der Waals surface area contributed by atoms with E-state index in [-0.39, 0.29) is 17.9 Å². The fourth-order valence-electron chi connectivity index (χ4n) is 2.88. The Labute approximate surface area is 140 Å². The molecule has 6 heteroatoms. The van der Waals surface area contributed by atoms with Crippen LogP contribution in [0.25, 0.3) is 0 Å². The van der Waals surface area contributed by atoms with Gasteiger partial charge in [-0.2, -0.15) is 0 Å². The zero-order valence-electron chi connectivity index (χ0n) is 13.5. The molecule has 3 rings (SSSR count). The van der Waals surface area contributed by atoms with Gasteiger partial charge in [0.05, 0.1) is 0 Å². The molecule has 24 heavy (non-hydrogen) atoms. The Hall–Kier alpha value is -2.73. The monoisotopic (exact) mass is 324 g/mol. The molecule has 2 amide bonds. The summed E-state index contributed by atoms with van der Waals surface area (Å²) in [6.07, 6.45) is 4.28. The van der Waals surface area contributed by atoms with Gasteiger partial charge in [-0.25, -0.2) is 4.98 Å². The number of hydrogen-bond donors (Lipinski definition) is 3. The molecule has 4 N–H and O–H groups in total. The lowest BCUT2D eigenvalue weighted by Crippen LogP contribution is -2.27. The third-order valence-electron chi connectivity index (χ3n) is 4.06. The Morgan fingerprint density at radius 3 is 2.79 bits per heavy atom. The second-order valence-electron chi connectivity index (χ2n) is 6.05. The number of benzene rings is 1. The molecule has 1 unspecified atom stereocenters. The van der Waals surface area contributed by atoms with E-state index < -0.39 is 0 Å². The molecular formula is C18H20N4O2. The maximum atomic E-state index is 12.4. The van der Waals surface area contributed by atoms with E-state index in [1.807, 2.05) is 18.2 Å². The molecular weight excluding hydrogens is 304 g/mol. The van der Waals surface area contributed by atoms with Crippen LogP contribution in [0.1, 0.15) is 34.8 Å². The third-order valence-corrected chi connectivity index (χ3v) is 4.06. The smallest absolute Gasteiger partial charge is 0.255 e. The Kier molecular flexibility index (Phi) is 4.57. The molecule has 1 aliphatic rings. The predicted octanol–water partition coefficient (Wildman–Crippen LogP) is 2.11. The first-order valence-corrected chi connectivity index (χ1v) is 7.93. The number of aromatic nitrogens is 1. The van der Waals surface area contributed by atoms with Gasteiger partial charge in [-0.15, -0.1) is 0 Å². The van der Waals surface area contributed by atoms with Crippen LogP contribution >= 0.6 is 0 Å².